The molecule has 0 radical (unpaired) electrons. The number of ether oxygens (including phenoxy) is 1. The first-order valence-corrected chi connectivity index (χ1v) is 10.6. The van der Waals surface area contributed by atoms with E-state index in [1.807, 2.05) is 19.3 Å². The number of aromatic nitrogens is 2. The van der Waals surface area contributed by atoms with Crippen molar-refractivity contribution >= 4 is 11.4 Å². The molecular formula is C21H30N6O3. The van der Waals surface area contributed by atoms with Crippen molar-refractivity contribution in [1.82, 2.24) is 20.0 Å². The van der Waals surface area contributed by atoms with E-state index in [1.54, 1.807) is 16.9 Å². The van der Waals surface area contributed by atoms with Gasteiger partial charge in [-0.15, -0.1) is 0 Å². The van der Waals surface area contributed by atoms with Crippen molar-refractivity contribution in [2.24, 2.45) is 13.0 Å². The third-order valence-electron chi connectivity index (χ3n) is 6.19. The van der Waals surface area contributed by atoms with Crippen LogP contribution in [0.5, 0.6) is 5.75 Å². The minimum absolute atomic E-state index is 0.0197. The number of rotatable bonds is 6. The topological polar surface area (TPSA) is 88.7 Å². The summed E-state index contributed by atoms with van der Waals surface area (Å²) >= 11 is 0. The smallest absolute Gasteiger partial charge is 0.311 e. The average molecular weight is 415 g/mol. The molecule has 2 saturated heterocycles. The molecule has 2 fully saturated rings. The van der Waals surface area contributed by atoms with Gasteiger partial charge in [0.1, 0.15) is 0 Å². The fourth-order valence-electron chi connectivity index (χ4n) is 4.53. The molecule has 1 N–H and O–H groups in total. The Morgan fingerprint density at radius 2 is 1.97 bits per heavy atom. The highest BCUT2D eigenvalue weighted by atomic mass is 16.6. The molecule has 0 atom stereocenters. The Morgan fingerprint density at radius 3 is 2.57 bits per heavy atom. The molecule has 3 heterocycles. The van der Waals surface area contributed by atoms with Gasteiger partial charge in [-0.25, -0.2) is 0 Å². The zero-order valence-corrected chi connectivity index (χ0v) is 17.7. The van der Waals surface area contributed by atoms with Gasteiger partial charge in [0.2, 0.25) is 0 Å². The molecule has 0 unspecified atom stereocenters. The summed E-state index contributed by atoms with van der Waals surface area (Å²) in [6.45, 7) is 7.45. The molecule has 1 aromatic heterocycles. The Morgan fingerprint density at radius 1 is 1.23 bits per heavy atom. The van der Waals surface area contributed by atoms with Gasteiger partial charge in [-0.3, -0.25) is 14.8 Å². The minimum Gasteiger partial charge on any atom is -0.490 e. The molecule has 2 aliphatic heterocycles. The third kappa shape index (κ3) is 4.41. The highest BCUT2D eigenvalue weighted by Crippen LogP contribution is 2.41. The van der Waals surface area contributed by atoms with Crippen LogP contribution in [0, 0.1) is 16.0 Å². The van der Waals surface area contributed by atoms with E-state index in [4.69, 9.17) is 4.74 Å². The SMILES string of the molecule is COc1cc(N2CCC(CN3CCNCC3)CC2)c(-c2cnn(C)c2)cc1[N+](=O)[O-]. The van der Waals surface area contributed by atoms with Crippen molar-refractivity contribution in [3.63, 3.8) is 0 Å². The molecule has 0 saturated carbocycles. The molecular weight excluding hydrogens is 384 g/mol. The van der Waals surface area contributed by atoms with Crippen molar-refractivity contribution < 1.29 is 9.66 Å². The van der Waals surface area contributed by atoms with Crippen LogP contribution in [0.4, 0.5) is 11.4 Å². The lowest BCUT2D eigenvalue weighted by Crippen LogP contribution is -2.47. The second-order valence-electron chi connectivity index (χ2n) is 8.18. The zero-order valence-electron chi connectivity index (χ0n) is 17.7. The van der Waals surface area contributed by atoms with E-state index >= 15 is 0 Å². The van der Waals surface area contributed by atoms with E-state index in [0.29, 0.717) is 11.7 Å². The van der Waals surface area contributed by atoms with Crippen molar-refractivity contribution in [1.29, 1.82) is 0 Å². The molecule has 0 amide bonds. The molecule has 0 bridgehead atoms. The summed E-state index contributed by atoms with van der Waals surface area (Å²) in [5.74, 6) is 0.992. The highest BCUT2D eigenvalue weighted by Gasteiger charge is 2.27. The van der Waals surface area contributed by atoms with Gasteiger partial charge in [-0.1, -0.05) is 0 Å². The van der Waals surface area contributed by atoms with Gasteiger partial charge in [-0.05, 0) is 18.8 Å². The van der Waals surface area contributed by atoms with Gasteiger partial charge in [-0.2, -0.15) is 5.10 Å². The molecule has 1 aromatic carbocycles. The van der Waals surface area contributed by atoms with E-state index in [2.05, 4.69) is 20.2 Å². The molecule has 30 heavy (non-hydrogen) atoms. The lowest BCUT2D eigenvalue weighted by molar-refractivity contribution is -0.385. The molecule has 9 nitrogen and oxygen atoms in total. The van der Waals surface area contributed by atoms with Gasteiger partial charge < -0.3 is 19.9 Å². The second-order valence-corrected chi connectivity index (χ2v) is 8.18. The summed E-state index contributed by atoms with van der Waals surface area (Å²) in [5, 5.41) is 19.2. The number of hydrogen-bond acceptors (Lipinski definition) is 7. The van der Waals surface area contributed by atoms with Gasteiger partial charge in [0.15, 0.2) is 5.75 Å². The first kappa shape index (κ1) is 20.6. The molecule has 2 aliphatic rings. The van der Waals surface area contributed by atoms with Gasteiger partial charge in [0.05, 0.1) is 18.2 Å². The number of piperazine rings is 1. The predicted molar refractivity (Wildman–Crippen MR) is 116 cm³/mol. The van der Waals surface area contributed by atoms with Crippen LogP contribution in [-0.4, -0.2) is 72.5 Å². The Labute approximate surface area is 176 Å². The Balaban J connectivity index is 1.56. The van der Waals surface area contributed by atoms with Crippen LogP contribution in [0.2, 0.25) is 0 Å². The first-order chi connectivity index (χ1) is 14.5. The second kappa shape index (κ2) is 9.01. The molecule has 0 spiro atoms. The van der Waals surface area contributed by atoms with Crippen LogP contribution in [0.15, 0.2) is 24.5 Å². The van der Waals surface area contributed by atoms with Crippen LogP contribution in [0.3, 0.4) is 0 Å². The monoisotopic (exact) mass is 414 g/mol. The zero-order chi connectivity index (χ0) is 21.1. The van der Waals surface area contributed by atoms with E-state index in [1.165, 1.54) is 7.11 Å². The Bertz CT molecular complexity index is 885. The molecule has 0 aliphatic carbocycles. The highest BCUT2D eigenvalue weighted by molar-refractivity contribution is 5.82. The minimum atomic E-state index is -0.387. The fourth-order valence-corrected chi connectivity index (χ4v) is 4.53. The fraction of sp³-hybridized carbons (Fsp3) is 0.571. The van der Waals surface area contributed by atoms with Crippen LogP contribution in [0.25, 0.3) is 11.1 Å². The quantitative estimate of drug-likeness (QED) is 0.572. The normalized spacial score (nSPS) is 18.5. The van der Waals surface area contributed by atoms with Crippen LogP contribution >= 0.6 is 0 Å². The Hall–Kier alpha value is -2.65. The summed E-state index contributed by atoms with van der Waals surface area (Å²) in [6.07, 6.45) is 5.89. The van der Waals surface area contributed by atoms with Crippen molar-refractivity contribution in [3.05, 3.63) is 34.6 Å². The maximum absolute atomic E-state index is 11.6. The van der Waals surface area contributed by atoms with Gasteiger partial charge >= 0.3 is 5.69 Å². The molecule has 162 valence electrons. The average Bonchev–Trinajstić information content (AvgIpc) is 3.20. The number of anilines is 1. The third-order valence-corrected chi connectivity index (χ3v) is 6.19. The standard InChI is InChI=1S/C21H30N6O3/c1-24-15-17(13-23-24)18-11-20(27(28)29)21(30-2)12-19(18)26-7-3-16(4-8-26)14-25-9-5-22-6-10-25/h11-13,15-16,22H,3-10,14H2,1-2H3. The molecule has 9 heteroatoms. The van der Waals surface area contributed by atoms with E-state index < -0.39 is 0 Å². The van der Waals surface area contributed by atoms with Crippen LogP contribution in [0.1, 0.15) is 12.8 Å². The lowest BCUT2D eigenvalue weighted by atomic mass is 9.94. The largest absolute Gasteiger partial charge is 0.490 e. The predicted octanol–water partition coefficient (Wildman–Crippen LogP) is 2.13. The summed E-state index contributed by atoms with van der Waals surface area (Å²) in [7, 11) is 3.33. The number of nitro groups is 1. The van der Waals surface area contributed by atoms with E-state index in [0.717, 1.165) is 75.5 Å². The molecule has 2 aromatic rings. The maximum Gasteiger partial charge on any atom is 0.311 e. The number of nitrogens with one attached hydrogen (secondary N) is 1. The first-order valence-electron chi connectivity index (χ1n) is 10.6. The number of benzene rings is 1. The van der Waals surface area contributed by atoms with Gasteiger partial charge in [0, 0.05) is 88.0 Å². The molecule has 4 rings (SSSR count). The van der Waals surface area contributed by atoms with Crippen molar-refractivity contribution in [2.75, 3.05) is 57.8 Å². The van der Waals surface area contributed by atoms with E-state index in [-0.39, 0.29) is 10.6 Å². The van der Waals surface area contributed by atoms with Crippen LogP contribution in [-0.2, 0) is 7.05 Å². The maximum atomic E-state index is 11.6. The summed E-state index contributed by atoms with van der Waals surface area (Å²) < 4.78 is 7.07. The van der Waals surface area contributed by atoms with Crippen molar-refractivity contribution in [2.45, 2.75) is 12.8 Å². The van der Waals surface area contributed by atoms with Crippen molar-refractivity contribution in [3.8, 4) is 16.9 Å². The van der Waals surface area contributed by atoms with Crippen LogP contribution < -0.4 is 15.0 Å². The number of hydrogen-bond donors (Lipinski definition) is 1. The summed E-state index contributed by atoms with van der Waals surface area (Å²) in [5.41, 5.74) is 2.66. The Kier molecular flexibility index (Phi) is 6.19. The number of piperidine rings is 1. The summed E-state index contributed by atoms with van der Waals surface area (Å²) in [6, 6.07) is 3.44. The lowest BCUT2D eigenvalue weighted by Gasteiger charge is -2.37. The number of aryl methyl sites for hydroxylation is 1. The summed E-state index contributed by atoms with van der Waals surface area (Å²) in [4.78, 5) is 16.1. The number of nitrogens with zero attached hydrogens (tertiary/aromatic N) is 5. The number of nitro benzene ring substituents is 1. The number of methoxy groups -OCH3 is 1. The van der Waals surface area contributed by atoms with E-state index in [9.17, 15) is 10.1 Å². The van der Waals surface area contributed by atoms with Gasteiger partial charge in [0.25, 0.3) is 0 Å².